The molecule has 0 atom stereocenters. The highest BCUT2D eigenvalue weighted by Crippen LogP contribution is 2.48. The average Bonchev–Trinajstić information content (AvgIpc) is 0.775. The van der Waals surface area contributed by atoms with E-state index < -0.39 is 16.1 Å². The van der Waals surface area contributed by atoms with Crippen molar-refractivity contribution in [2.24, 2.45) is 0 Å². The third-order valence-corrected chi connectivity index (χ3v) is 30.2. The van der Waals surface area contributed by atoms with E-state index >= 15 is 0 Å². The summed E-state index contributed by atoms with van der Waals surface area (Å²) in [5.74, 6) is 0. The van der Waals surface area contributed by atoms with Gasteiger partial charge in [-0.05, 0) is 132 Å². The molecule has 0 saturated carbocycles. The van der Waals surface area contributed by atoms with E-state index in [4.69, 9.17) is 0 Å². The van der Waals surface area contributed by atoms with Crippen LogP contribution >= 0.6 is 23.5 Å². The van der Waals surface area contributed by atoms with Gasteiger partial charge in [0.15, 0.2) is 16.1 Å². The minimum absolute atomic E-state index is 0.000781. The van der Waals surface area contributed by atoms with Crippen LogP contribution in [0, 0.1) is 0 Å². The molecule has 0 fully saturated rings. The monoisotopic (exact) mass is 1160 g/mol. The Labute approximate surface area is 513 Å². The second-order valence-corrected chi connectivity index (χ2v) is 32.3. The van der Waals surface area contributed by atoms with Gasteiger partial charge in [0.25, 0.3) is 0 Å². The van der Waals surface area contributed by atoms with Gasteiger partial charge in [-0.1, -0.05) is 277 Å². The quantitative estimate of drug-likeness (QED) is 0.133. The molecule has 0 N–H and O–H groups in total. The highest BCUT2D eigenvalue weighted by atomic mass is 32.2. The number of anilines is 9. The van der Waals surface area contributed by atoms with Gasteiger partial charge in [-0.15, -0.1) is 0 Å². The lowest BCUT2D eigenvalue weighted by Gasteiger charge is -2.45. The molecule has 13 aromatic rings. The van der Waals surface area contributed by atoms with Crippen LogP contribution in [0.5, 0.6) is 0 Å². The maximum Gasteiger partial charge on any atom is 0.247 e. The van der Waals surface area contributed by atoms with Gasteiger partial charge in [0.2, 0.25) is 6.71 Å². The summed E-state index contributed by atoms with van der Waals surface area (Å²) in [7, 11) is -5.61. The number of hydrogen-bond acceptors (Lipinski definition) is 5. The van der Waals surface area contributed by atoms with Gasteiger partial charge < -0.3 is 14.7 Å². The first-order chi connectivity index (χ1) is 42.7. The fourth-order valence-corrected chi connectivity index (χ4v) is 27.6. The van der Waals surface area contributed by atoms with Crippen molar-refractivity contribution in [1.29, 1.82) is 0 Å². The van der Waals surface area contributed by atoms with E-state index in [2.05, 4.69) is 342 Å². The Morgan fingerprint density at radius 2 is 0.558 bits per heavy atom. The Kier molecular flexibility index (Phi) is 12.2. The number of fused-ring (bicyclic) bond motifs is 8. The zero-order chi connectivity index (χ0) is 56.8. The zero-order valence-corrected chi connectivity index (χ0v) is 50.5. The molecule has 4 aliphatic rings. The van der Waals surface area contributed by atoms with Crippen molar-refractivity contribution in [2.75, 3.05) is 14.7 Å². The Hall–Kier alpha value is -9.54. The highest BCUT2D eigenvalue weighted by Gasteiger charge is 2.51. The fourth-order valence-electron chi connectivity index (χ4n) is 14.8. The predicted molar refractivity (Wildman–Crippen MR) is 371 cm³/mol. The van der Waals surface area contributed by atoms with Gasteiger partial charge in [-0.3, -0.25) is 0 Å². The smallest absolute Gasteiger partial charge is 0.247 e. The Morgan fingerprint density at radius 3 is 0.884 bits per heavy atom. The molecule has 4 aliphatic heterocycles. The zero-order valence-electron chi connectivity index (χ0n) is 46.9. The first kappa shape index (κ1) is 50.9. The molecule has 0 spiro atoms. The fraction of sp³-hybridized carbons (Fsp3) is 0. The second kappa shape index (κ2) is 20.6. The van der Waals surface area contributed by atoms with Crippen molar-refractivity contribution in [1.82, 2.24) is 0 Å². The van der Waals surface area contributed by atoms with Gasteiger partial charge >= 0.3 is 0 Å². The molecule has 0 aliphatic carbocycles. The van der Waals surface area contributed by atoms with E-state index in [0.717, 1.165) is 28.4 Å². The summed E-state index contributed by atoms with van der Waals surface area (Å²) < 4.78 is 0. The standard InChI is InChI=1S/C78H54BN3S2Si2/c1-7-27-55(28-8-1)80(56-29-9-2-10-30-56)59-53-72-78-73(54-59)84-71-52-58(82-68-41-21-25-45-76(68)86(62-35-15-5-16-36-62,63-37-17-6-18-38-63)77-46-26-22-42-69(77)82)48-50-65(71)79(78)64-49-47-57(51-70(64)83-72)81-66-39-19-23-43-74(66)85(60-31-11-3-12-32-60,61-33-13-4-14-34-61)75-44-24-20-40-67(75)81/h1-54H. The Balaban J connectivity index is 0.859. The summed E-state index contributed by atoms with van der Waals surface area (Å²) in [5, 5.41) is 11.1. The summed E-state index contributed by atoms with van der Waals surface area (Å²) in [6.07, 6.45) is 0. The van der Waals surface area contributed by atoms with Crippen molar-refractivity contribution in [3.63, 3.8) is 0 Å². The van der Waals surface area contributed by atoms with Gasteiger partial charge in [0, 0.05) is 70.8 Å². The minimum Gasteiger partial charge on any atom is -0.311 e. The molecule has 4 heterocycles. The van der Waals surface area contributed by atoms with Crippen molar-refractivity contribution in [3.05, 3.63) is 328 Å². The molecule has 0 saturated heterocycles. The third-order valence-electron chi connectivity index (χ3n) is 18.3. The van der Waals surface area contributed by atoms with E-state index in [0.29, 0.717) is 0 Å². The van der Waals surface area contributed by atoms with E-state index in [-0.39, 0.29) is 6.71 Å². The topological polar surface area (TPSA) is 9.72 Å². The van der Waals surface area contributed by atoms with Crippen molar-refractivity contribution in [2.45, 2.75) is 19.6 Å². The van der Waals surface area contributed by atoms with E-state index in [1.165, 1.54) is 100 Å². The van der Waals surface area contributed by atoms with Crippen LogP contribution in [-0.4, -0.2) is 22.9 Å². The number of hydrogen-bond donors (Lipinski definition) is 0. The second-order valence-electron chi connectivity index (χ2n) is 22.6. The van der Waals surface area contributed by atoms with Crippen LogP contribution in [0.25, 0.3) is 0 Å². The number of benzene rings is 13. The summed E-state index contributed by atoms with van der Waals surface area (Å²) >= 11 is 3.85. The van der Waals surface area contributed by atoms with Crippen LogP contribution in [0.1, 0.15) is 0 Å². The molecule has 0 aromatic heterocycles. The molecule has 13 aromatic carbocycles. The van der Waals surface area contributed by atoms with Gasteiger partial charge in [0.05, 0.1) is 0 Å². The molecule has 0 unspecified atom stereocenters. The molecule has 86 heavy (non-hydrogen) atoms. The van der Waals surface area contributed by atoms with Crippen molar-refractivity contribution >= 4 is 155 Å². The van der Waals surface area contributed by atoms with Crippen molar-refractivity contribution in [3.8, 4) is 0 Å². The van der Waals surface area contributed by atoms with E-state index in [9.17, 15) is 0 Å². The van der Waals surface area contributed by atoms with Crippen LogP contribution in [0.3, 0.4) is 0 Å². The molecular weight excluding hydrogens is 1110 g/mol. The number of para-hydroxylation sites is 6. The van der Waals surface area contributed by atoms with Crippen molar-refractivity contribution < 1.29 is 0 Å². The molecule has 3 nitrogen and oxygen atoms in total. The summed E-state index contributed by atoms with van der Waals surface area (Å²) in [5.41, 5.74) is 14.7. The molecule has 0 radical (unpaired) electrons. The van der Waals surface area contributed by atoms with Crippen LogP contribution < -0.4 is 72.6 Å². The minimum atomic E-state index is -2.81. The third kappa shape index (κ3) is 7.70. The van der Waals surface area contributed by atoms with E-state index in [1.54, 1.807) is 0 Å². The predicted octanol–water partition coefficient (Wildman–Crippen LogP) is 12.9. The van der Waals surface area contributed by atoms with Crippen LogP contribution in [-0.2, 0) is 0 Å². The summed E-state index contributed by atoms with van der Waals surface area (Å²) in [6, 6.07) is 124. The Morgan fingerprint density at radius 1 is 0.267 bits per heavy atom. The number of rotatable bonds is 9. The molecule has 404 valence electrons. The largest absolute Gasteiger partial charge is 0.311 e. The van der Waals surface area contributed by atoms with Gasteiger partial charge in [-0.2, -0.15) is 0 Å². The normalized spacial score (nSPS) is 14.3. The van der Waals surface area contributed by atoms with Crippen LogP contribution in [0.4, 0.5) is 51.2 Å². The summed E-state index contributed by atoms with van der Waals surface area (Å²) in [4.78, 5) is 12.7. The lowest BCUT2D eigenvalue weighted by atomic mass is 9.36. The van der Waals surface area contributed by atoms with Gasteiger partial charge in [0.1, 0.15) is 0 Å². The van der Waals surface area contributed by atoms with Crippen LogP contribution in [0.15, 0.2) is 347 Å². The lowest BCUT2D eigenvalue weighted by molar-refractivity contribution is 1.23. The molecular formula is C78H54BN3S2Si2. The van der Waals surface area contributed by atoms with E-state index in [1.807, 2.05) is 23.5 Å². The molecule has 0 amide bonds. The molecule has 0 bridgehead atoms. The molecule has 8 heteroatoms. The first-order valence-corrected chi connectivity index (χ1v) is 35.2. The maximum absolute atomic E-state index is 2.81. The van der Waals surface area contributed by atoms with Gasteiger partial charge in [-0.25, -0.2) is 0 Å². The van der Waals surface area contributed by atoms with Crippen LogP contribution in [0.2, 0.25) is 0 Å². The molecule has 17 rings (SSSR count). The highest BCUT2D eigenvalue weighted by molar-refractivity contribution is 8.01. The Bertz CT molecular complexity index is 4270. The summed E-state index contributed by atoms with van der Waals surface area (Å²) in [6.45, 7) is 0.000781. The maximum atomic E-state index is 2.56. The SMILES string of the molecule is c1ccc(N(c2ccccc2)c2cc3c4c(c2)Sc2cc(N5c6ccccc6[Si](c6ccccc6)(c6ccccc6)c6ccccc65)ccc2B4c2ccc(N4c5ccccc5[Si](c5ccccc5)(c5ccccc5)c5ccccc54)cc2S3)cc1. The first-order valence-electron chi connectivity index (χ1n) is 29.6. The lowest BCUT2D eigenvalue weighted by Crippen LogP contribution is -2.77. The number of nitrogens with zero attached hydrogens (tertiary/aromatic N) is 3. The average molecular weight is 1160 g/mol.